The van der Waals surface area contributed by atoms with Gasteiger partial charge in [-0.1, -0.05) is 11.6 Å². The van der Waals surface area contributed by atoms with Crippen molar-refractivity contribution in [1.29, 1.82) is 0 Å². The Morgan fingerprint density at radius 3 is 2.68 bits per heavy atom. The van der Waals surface area contributed by atoms with Crippen LogP contribution < -0.4 is 0 Å². The Labute approximate surface area is 115 Å². The Morgan fingerprint density at radius 1 is 1.26 bits per heavy atom. The van der Waals surface area contributed by atoms with E-state index in [0.717, 1.165) is 16.9 Å². The zero-order valence-electron chi connectivity index (χ0n) is 9.28. The minimum Gasteiger partial charge on any atom is -0.265 e. The molecule has 94 valence electrons. The summed E-state index contributed by atoms with van der Waals surface area (Å²) in [6.07, 6.45) is 3.24. The van der Waals surface area contributed by atoms with Gasteiger partial charge in [-0.3, -0.25) is 15.1 Å². The van der Waals surface area contributed by atoms with Gasteiger partial charge >= 0.3 is 5.00 Å². The van der Waals surface area contributed by atoms with Crippen LogP contribution in [-0.2, 0) is 0 Å². The Bertz CT molecular complexity index is 775. The van der Waals surface area contributed by atoms with Crippen LogP contribution in [0.25, 0.3) is 21.6 Å². The summed E-state index contributed by atoms with van der Waals surface area (Å²) in [5.74, 6) is 0.427. The average Bonchev–Trinajstić information content (AvgIpc) is 2.84. The van der Waals surface area contributed by atoms with Gasteiger partial charge in [0.05, 0.1) is 10.3 Å². The van der Waals surface area contributed by atoms with E-state index in [1.807, 2.05) is 0 Å². The maximum absolute atomic E-state index is 10.8. The highest BCUT2D eigenvalue weighted by Crippen LogP contribution is 2.34. The van der Waals surface area contributed by atoms with Gasteiger partial charge in [0, 0.05) is 24.0 Å². The average molecular weight is 293 g/mol. The third-order valence-electron chi connectivity index (χ3n) is 2.45. The molecule has 0 aliphatic rings. The van der Waals surface area contributed by atoms with Gasteiger partial charge in [-0.25, -0.2) is 9.97 Å². The molecule has 0 N–H and O–H groups in total. The molecular formula is C11H5ClN4O2S. The quantitative estimate of drug-likeness (QED) is 0.411. The van der Waals surface area contributed by atoms with Gasteiger partial charge in [0.2, 0.25) is 0 Å². The van der Waals surface area contributed by atoms with Crippen LogP contribution in [0, 0.1) is 10.1 Å². The van der Waals surface area contributed by atoms with Crippen LogP contribution in [0.3, 0.4) is 0 Å². The molecule has 0 spiro atoms. The molecule has 0 bridgehead atoms. The van der Waals surface area contributed by atoms with Crippen molar-refractivity contribution in [3.8, 4) is 11.4 Å². The topological polar surface area (TPSA) is 81.8 Å². The number of halogens is 1. The highest BCUT2D eigenvalue weighted by Gasteiger charge is 2.17. The smallest absolute Gasteiger partial charge is 0.265 e. The second kappa shape index (κ2) is 4.52. The first-order chi connectivity index (χ1) is 9.15. The van der Waals surface area contributed by atoms with E-state index in [9.17, 15) is 10.1 Å². The van der Waals surface area contributed by atoms with Crippen molar-refractivity contribution >= 4 is 38.2 Å². The summed E-state index contributed by atoms with van der Waals surface area (Å²) >= 11 is 7.03. The third kappa shape index (κ3) is 2.13. The molecule has 0 saturated heterocycles. The lowest BCUT2D eigenvalue weighted by atomic mass is 10.2. The maximum Gasteiger partial charge on any atom is 0.326 e. The molecule has 3 heterocycles. The Morgan fingerprint density at radius 2 is 2.00 bits per heavy atom. The van der Waals surface area contributed by atoms with Gasteiger partial charge in [0.25, 0.3) is 0 Å². The molecule has 0 amide bonds. The van der Waals surface area contributed by atoms with Crippen molar-refractivity contribution in [1.82, 2.24) is 15.0 Å². The molecule has 0 fully saturated rings. The Balaban J connectivity index is 2.22. The molecule has 3 aromatic heterocycles. The summed E-state index contributed by atoms with van der Waals surface area (Å²) in [6, 6.07) is 4.89. The van der Waals surface area contributed by atoms with E-state index in [1.165, 1.54) is 6.07 Å². The van der Waals surface area contributed by atoms with E-state index in [1.54, 1.807) is 24.5 Å². The molecule has 0 aromatic carbocycles. The molecule has 3 rings (SSSR count). The highest BCUT2D eigenvalue weighted by atomic mass is 35.5. The summed E-state index contributed by atoms with van der Waals surface area (Å²) in [6.45, 7) is 0. The summed E-state index contributed by atoms with van der Waals surface area (Å²) in [5, 5.41) is 11.5. The van der Waals surface area contributed by atoms with Crippen molar-refractivity contribution in [3.05, 3.63) is 45.9 Å². The largest absolute Gasteiger partial charge is 0.326 e. The number of hydrogen-bond acceptors (Lipinski definition) is 6. The van der Waals surface area contributed by atoms with Crippen LogP contribution in [0.15, 0.2) is 30.6 Å². The normalized spacial score (nSPS) is 10.8. The van der Waals surface area contributed by atoms with Gasteiger partial charge in [0.15, 0.2) is 5.82 Å². The monoisotopic (exact) mass is 292 g/mol. The molecule has 0 radical (unpaired) electrons. The summed E-state index contributed by atoms with van der Waals surface area (Å²) < 4.78 is 0. The number of fused-ring (bicyclic) bond motifs is 1. The van der Waals surface area contributed by atoms with E-state index >= 15 is 0 Å². The number of thiophene rings is 1. The first-order valence-corrected chi connectivity index (χ1v) is 6.36. The van der Waals surface area contributed by atoms with E-state index in [-0.39, 0.29) is 10.2 Å². The van der Waals surface area contributed by atoms with Gasteiger partial charge in [-0.15, -0.1) is 0 Å². The van der Waals surface area contributed by atoms with Crippen LogP contribution in [0.5, 0.6) is 0 Å². The number of rotatable bonds is 2. The minimum atomic E-state index is -0.464. The van der Waals surface area contributed by atoms with E-state index in [4.69, 9.17) is 11.6 Å². The van der Waals surface area contributed by atoms with Crippen molar-refractivity contribution in [3.63, 3.8) is 0 Å². The predicted molar refractivity (Wildman–Crippen MR) is 72.3 cm³/mol. The lowest BCUT2D eigenvalue weighted by molar-refractivity contribution is -0.380. The maximum atomic E-state index is 10.8. The van der Waals surface area contributed by atoms with Crippen molar-refractivity contribution < 1.29 is 4.92 Å². The number of nitro groups is 1. The number of nitrogens with zero attached hydrogens (tertiary/aromatic N) is 4. The minimum absolute atomic E-state index is 0.00178. The SMILES string of the molecule is O=[N+]([O-])c1cc2c(Cl)nc(-c3ccncc3)nc2s1. The van der Waals surface area contributed by atoms with Crippen LogP contribution >= 0.6 is 22.9 Å². The molecule has 8 heteroatoms. The molecule has 3 aromatic rings. The van der Waals surface area contributed by atoms with Crippen LogP contribution in [0.1, 0.15) is 0 Å². The zero-order valence-corrected chi connectivity index (χ0v) is 10.9. The molecule has 0 aliphatic heterocycles. The Kier molecular flexibility index (Phi) is 2.84. The first kappa shape index (κ1) is 11.9. The third-order valence-corrected chi connectivity index (χ3v) is 3.72. The van der Waals surface area contributed by atoms with E-state index in [0.29, 0.717) is 16.0 Å². The molecule has 6 nitrogen and oxygen atoms in total. The summed E-state index contributed by atoms with van der Waals surface area (Å²) in [7, 11) is 0. The number of aromatic nitrogens is 3. The molecule has 0 atom stereocenters. The standard InChI is InChI=1S/C11H5ClN4O2S/c12-9-7-5-8(16(17)18)19-11(7)15-10(14-9)6-1-3-13-4-2-6/h1-5H. The first-order valence-electron chi connectivity index (χ1n) is 5.17. The van der Waals surface area contributed by atoms with Crippen LogP contribution in [-0.4, -0.2) is 19.9 Å². The second-order valence-electron chi connectivity index (χ2n) is 3.63. The zero-order chi connectivity index (χ0) is 13.4. The number of hydrogen-bond donors (Lipinski definition) is 0. The fourth-order valence-electron chi connectivity index (χ4n) is 1.59. The van der Waals surface area contributed by atoms with E-state index in [2.05, 4.69) is 15.0 Å². The Hall–Kier alpha value is -2.12. The fourth-order valence-corrected chi connectivity index (χ4v) is 2.72. The molecule has 0 aliphatic carbocycles. The van der Waals surface area contributed by atoms with Gasteiger partial charge in [-0.2, -0.15) is 0 Å². The van der Waals surface area contributed by atoms with Crippen LogP contribution in [0.4, 0.5) is 5.00 Å². The van der Waals surface area contributed by atoms with Crippen LogP contribution in [0.2, 0.25) is 5.15 Å². The number of pyridine rings is 1. The lowest BCUT2D eigenvalue weighted by Crippen LogP contribution is -1.89. The second-order valence-corrected chi connectivity index (χ2v) is 5.00. The fraction of sp³-hybridized carbons (Fsp3) is 0. The molecule has 0 unspecified atom stereocenters. The molecule has 0 saturated carbocycles. The molecular weight excluding hydrogens is 288 g/mol. The highest BCUT2D eigenvalue weighted by molar-refractivity contribution is 7.21. The van der Waals surface area contributed by atoms with Crippen molar-refractivity contribution in [2.75, 3.05) is 0 Å². The summed E-state index contributed by atoms with van der Waals surface area (Å²) in [5.41, 5.74) is 0.759. The molecule has 19 heavy (non-hydrogen) atoms. The van der Waals surface area contributed by atoms with Gasteiger partial charge < -0.3 is 0 Å². The lowest BCUT2D eigenvalue weighted by Gasteiger charge is -2.00. The van der Waals surface area contributed by atoms with Crippen molar-refractivity contribution in [2.45, 2.75) is 0 Å². The van der Waals surface area contributed by atoms with Gasteiger partial charge in [-0.05, 0) is 23.5 Å². The van der Waals surface area contributed by atoms with Crippen molar-refractivity contribution in [2.24, 2.45) is 0 Å². The van der Waals surface area contributed by atoms with E-state index < -0.39 is 4.92 Å². The predicted octanol–water partition coefficient (Wildman–Crippen LogP) is 3.31. The summed E-state index contributed by atoms with van der Waals surface area (Å²) in [4.78, 5) is 23.2. The van der Waals surface area contributed by atoms with Gasteiger partial charge in [0.1, 0.15) is 9.98 Å².